The third-order valence-corrected chi connectivity index (χ3v) is 5.90. The Morgan fingerprint density at radius 3 is 2.26 bits per heavy atom. The van der Waals surface area contributed by atoms with Gasteiger partial charge in [0, 0.05) is 11.6 Å². The SMILES string of the molecule is CC1(C)CCC(C)(C)c2cc(C(O)COc3ccc(CO)c(O)c3)ccc21. The minimum atomic E-state index is -0.754. The van der Waals surface area contributed by atoms with Crippen LogP contribution in [0.5, 0.6) is 11.5 Å². The van der Waals surface area contributed by atoms with E-state index in [9.17, 15) is 10.2 Å². The van der Waals surface area contributed by atoms with Crippen LogP contribution in [0.15, 0.2) is 36.4 Å². The maximum absolute atomic E-state index is 10.6. The summed E-state index contributed by atoms with van der Waals surface area (Å²) in [5, 5.41) is 29.5. The first kappa shape index (κ1) is 19.7. The highest BCUT2D eigenvalue weighted by atomic mass is 16.5. The predicted octanol–water partition coefficient (Wildman–Crippen LogP) is 4.35. The molecule has 1 atom stereocenters. The molecule has 0 aliphatic heterocycles. The largest absolute Gasteiger partial charge is 0.507 e. The summed E-state index contributed by atoms with van der Waals surface area (Å²) in [6, 6.07) is 11.0. The average molecular weight is 370 g/mol. The molecule has 0 bridgehead atoms. The van der Waals surface area contributed by atoms with Crippen molar-refractivity contribution in [2.24, 2.45) is 0 Å². The van der Waals surface area contributed by atoms with Crippen LogP contribution in [0.2, 0.25) is 0 Å². The van der Waals surface area contributed by atoms with E-state index >= 15 is 0 Å². The Balaban J connectivity index is 1.78. The van der Waals surface area contributed by atoms with E-state index in [-0.39, 0.29) is 29.8 Å². The number of benzene rings is 2. The molecule has 0 spiro atoms. The lowest BCUT2D eigenvalue weighted by Crippen LogP contribution is -2.34. The summed E-state index contributed by atoms with van der Waals surface area (Å²) in [6.45, 7) is 8.96. The van der Waals surface area contributed by atoms with Crippen molar-refractivity contribution in [2.45, 2.75) is 64.1 Å². The molecule has 1 aliphatic rings. The van der Waals surface area contributed by atoms with Gasteiger partial charge < -0.3 is 20.1 Å². The number of hydrogen-bond donors (Lipinski definition) is 3. The molecular formula is C23H30O4. The fourth-order valence-electron chi connectivity index (χ4n) is 3.85. The molecule has 0 fully saturated rings. The van der Waals surface area contributed by atoms with Gasteiger partial charge in [-0.2, -0.15) is 0 Å². The summed E-state index contributed by atoms with van der Waals surface area (Å²) < 4.78 is 5.65. The van der Waals surface area contributed by atoms with Gasteiger partial charge in [-0.05, 0) is 52.5 Å². The molecule has 4 heteroatoms. The Morgan fingerprint density at radius 1 is 0.963 bits per heavy atom. The first-order chi connectivity index (χ1) is 12.6. The lowest BCUT2D eigenvalue weighted by Gasteiger charge is -2.42. The molecule has 4 nitrogen and oxygen atoms in total. The monoisotopic (exact) mass is 370 g/mol. The second-order valence-electron chi connectivity index (χ2n) is 8.85. The summed E-state index contributed by atoms with van der Waals surface area (Å²) in [4.78, 5) is 0. The number of hydrogen-bond acceptors (Lipinski definition) is 4. The van der Waals surface area contributed by atoms with E-state index in [1.165, 1.54) is 17.2 Å². The van der Waals surface area contributed by atoms with E-state index in [4.69, 9.17) is 9.84 Å². The summed E-state index contributed by atoms with van der Waals surface area (Å²) in [5.74, 6) is 0.449. The molecule has 146 valence electrons. The molecule has 2 aromatic rings. The van der Waals surface area contributed by atoms with E-state index in [1.807, 2.05) is 6.07 Å². The molecule has 0 saturated heterocycles. The van der Waals surface area contributed by atoms with E-state index < -0.39 is 6.10 Å². The van der Waals surface area contributed by atoms with Gasteiger partial charge in [-0.25, -0.2) is 0 Å². The van der Waals surface area contributed by atoms with Crippen molar-refractivity contribution in [3.05, 3.63) is 58.7 Å². The van der Waals surface area contributed by atoms with Crippen LogP contribution in [-0.4, -0.2) is 21.9 Å². The summed E-state index contributed by atoms with van der Waals surface area (Å²) in [7, 11) is 0. The normalized spacial score (nSPS) is 18.6. The molecule has 27 heavy (non-hydrogen) atoms. The molecule has 0 amide bonds. The summed E-state index contributed by atoms with van der Waals surface area (Å²) >= 11 is 0. The molecular weight excluding hydrogens is 340 g/mol. The quantitative estimate of drug-likeness (QED) is 0.732. The van der Waals surface area contributed by atoms with E-state index in [1.54, 1.807) is 12.1 Å². The van der Waals surface area contributed by atoms with Gasteiger partial charge >= 0.3 is 0 Å². The molecule has 0 aromatic heterocycles. The third kappa shape index (κ3) is 3.97. The summed E-state index contributed by atoms with van der Waals surface area (Å²) in [5.41, 5.74) is 4.20. The van der Waals surface area contributed by atoms with Crippen LogP contribution in [0.4, 0.5) is 0 Å². The van der Waals surface area contributed by atoms with E-state index in [0.29, 0.717) is 11.3 Å². The van der Waals surface area contributed by atoms with Gasteiger partial charge in [0.25, 0.3) is 0 Å². The Kier molecular flexibility index (Phi) is 5.24. The van der Waals surface area contributed by atoms with Gasteiger partial charge in [-0.15, -0.1) is 0 Å². The van der Waals surface area contributed by atoms with Crippen molar-refractivity contribution in [3.63, 3.8) is 0 Å². The third-order valence-electron chi connectivity index (χ3n) is 5.90. The van der Waals surface area contributed by atoms with Crippen molar-refractivity contribution in [1.82, 2.24) is 0 Å². The second kappa shape index (κ2) is 7.17. The van der Waals surface area contributed by atoms with Crippen molar-refractivity contribution in [1.29, 1.82) is 0 Å². The van der Waals surface area contributed by atoms with Crippen molar-refractivity contribution in [3.8, 4) is 11.5 Å². The Hall–Kier alpha value is -2.04. The van der Waals surface area contributed by atoms with Crippen LogP contribution in [0.3, 0.4) is 0 Å². The number of aliphatic hydroxyl groups is 2. The van der Waals surface area contributed by atoms with Gasteiger partial charge in [0.1, 0.15) is 24.2 Å². The van der Waals surface area contributed by atoms with Crippen LogP contribution in [-0.2, 0) is 17.4 Å². The van der Waals surface area contributed by atoms with Crippen molar-refractivity contribution < 1.29 is 20.1 Å². The zero-order valence-corrected chi connectivity index (χ0v) is 16.6. The number of fused-ring (bicyclic) bond motifs is 1. The molecule has 1 aliphatic carbocycles. The van der Waals surface area contributed by atoms with Gasteiger partial charge in [0.15, 0.2) is 0 Å². The number of ether oxygens (including phenoxy) is 1. The molecule has 0 radical (unpaired) electrons. The molecule has 3 rings (SSSR count). The maximum atomic E-state index is 10.6. The molecule has 2 aromatic carbocycles. The van der Waals surface area contributed by atoms with Crippen molar-refractivity contribution >= 4 is 0 Å². The number of aromatic hydroxyl groups is 1. The van der Waals surface area contributed by atoms with Gasteiger partial charge in [0.2, 0.25) is 0 Å². The Labute approximate surface area is 161 Å². The van der Waals surface area contributed by atoms with Crippen LogP contribution in [0, 0.1) is 0 Å². The second-order valence-corrected chi connectivity index (χ2v) is 8.85. The fourth-order valence-corrected chi connectivity index (χ4v) is 3.85. The predicted molar refractivity (Wildman–Crippen MR) is 106 cm³/mol. The molecule has 3 N–H and O–H groups in total. The summed E-state index contributed by atoms with van der Waals surface area (Å²) in [6.07, 6.45) is 1.53. The first-order valence-corrected chi connectivity index (χ1v) is 9.52. The van der Waals surface area contributed by atoms with Gasteiger partial charge in [-0.1, -0.05) is 45.9 Å². The average Bonchev–Trinajstić information content (AvgIpc) is 2.63. The molecule has 1 unspecified atom stereocenters. The number of aliphatic hydroxyl groups excluding tert-OH is 2. The highest BCUT2D eigenvalue weighted by Crippen LogP contribution is 2.46. The van der Waals surface area contributed by atoms with Crippen LogP contribution in [0.25, 0.3) is 0 Å². The lowest BCUT2D eigenvalue weighted by atomic mass is 9.63. The Morgan fingerprint density at radius 2 is 1.63 bits per heavy atom. The van der Waals surface area contributed by atoms with Gasteiger partial charge in [-0.3, -0.25) is 0 Å². The fraction of sp³-hybridized carbons (Fsp3) is 0.478. The van der Waals surface area contributed by atoms with Gasteiger partial charge in [0.05, 0.1) is 6.61 Å². The standard InChI is InChI=1S/C23H30O4/c1-22(2)9-10-23(3,4)19-11-15(6-8-18(19)22)21(26)14-27-17-7-5-16(13-24)20(25)12-17/h5-8,11-12,21,24-26H,9-10,13-14H2,1-4H3. The first-order valence-electron chi connectivity index (χ1n) is 9.52. The zero-order chi connectivity index (χ0) is 19.8. The van der Waals surface area contributed by atoms with E-state index in [2.05, 4.69) is 39.8 Å². The van der Waals surface area contributed by atoms with Crippen LogP contribution < -0.4 is 4.74 Å². The van der Waals surface area contributed by atoms with Crippen LogP contribution in [0.1, 0.15) is 68.9 Å². The van der Waals surface area contributed by atoms with Crippen LogP contribution >= 0.6 is 0 Å². The Bertz CT molecular complexity index is 823. The maximum Gasteiger partial charge on any atom is 0.124 e. The molecule has 0 heterocycles. The lowest BCUT2D eigenvalue weighted by molar-refractivity contribution is 0.107. The smallest absolute Gasteiger partial charge is 0.124 e. The number of rotatable bonds is 5. The highest BCUT2D eigenvalue weighted by Gasteiger charge is 2.37. The minimum Gasteiger partial charge on any atom is -0.507 e. The van der Waals surface area contributed by atoms with Crippen molar-refractivity contribution in [2.75, 3.05) is 6.61 Å². The highest BCUT2D eigenvalue weighted by molar-refractivity contribution is 5.44. The zero-order valence-electron chi connectivity index (χ0n) is 16.6. The number of phenols is 1. The molecule has 0 saturated carbocycles. The topological polar surface area (TPSA) is 69.9 Å². The minimum absolute atomic E-state index is 0.0118. The van der Waals surface area contributed by atoms with E-state index in [0.717, 1.165) is 18.4 Å².